The van der Waals surface area contributed by atoms with E-state index in [-0.39, 0.29) is 0 Å². The molecular formula is C16H23NO2. The summed E-state index contributed by atoms with van der Waals surface area (Å²) >= 11 is 0. The van der Waals surface area contributed by atoms with Gasteiger partial charge in [-0.2, -0.15) is 0 Å². The first kappa shape index (κ1) is 13.9. The van der Waals surface area contributed by atoms with E-state index in [1.54, 1.807) is 12.1 Å². The van der Waals surface area contributed by atoms with E-state index in [9.17, 15) is 4.79 Å². The summed E-state index contributed by atoms with van der Waals surface area (Å²) in [5.74, 6) is 0.679. The van der Waals surface area contributed by atoms with Gasteiger partial charge in [-0.1, -0.05) is 25.8 Å². The van der Waals surface area contributed by atoms with Crippen molar-refractivity contribution in [1.82, 2.24) is 0 Å². The standard InChI is InChI=1S/C16H23NO2/c1-11-4-3-5-13(8-11)10-17-15-9-14(16(18)19)7-6-12(15)2/h6-7,9,11,13,17H,3-5,8,10H2,1-2H3,(H,18,19). The summed E-state index contributed by atoms with van der Waals surface area (Å²) in [7, 11) is 0. The molecule has 1 aliphatic carbocycles. The molecule has 1 aliphatic rings. The third-order valence-corrected chi connectivity index (χ3v) is 4.11. The SMILES string of the molecule is Cc1ccc(C(=O)O)cc1NCC1CCCC(C)C1. The maximum atomic E-state index is 11.0. The zero-order valence-electron chi connectivity index (χ0n) is 11.8. The first-order chi connectivity index (χ1) is 9.06. The summed E-state index contributed by atoms with van der Waals surface area (Å²) < 4.78 is 0. The van der Waals surface area contributed by atoms with Crippen LogP contribution in [0.1, 0.15) is 48.5 Å². The van der Waals surface area contributed by atoms with Gasteiger partial charge in [0.15, 0.2) is 0 Å². The van der Waals surface area contributed by atoms with Crippen LogP contribution >= 0.6 is 0 Å². The summed E-state index contributed by atoms with van der Waals surface area (Å²) in [5.41, 5.74) is 2.41. The van der Waals surface area contributed by atoms with E-state index < -0.39 is 5.97 Å². The van der Waals surface area contributed by atoms with Crippen LogP contribution in [0.3, 0.4) is 0 Å². The Hall–Kier alpha value is -1.51. The molecular weight excluding hydrogens is 238 g/mol. The minimum Gasteiger partial charge on any atom is -0.478 e. The number of aromatic carboxylic acids is 1. The average Bonchev–Trinajstić information content (AvgIpc) is 2.37. The molecule has 0 saturated heterocycles. The van der Waals surface area contributed by atoms with E-state index in [0.717, 1.165) is 29.6 Å². The van der Waals surface area contributed by atoms with Crippen LogP contribution in [0.2, 0.25) is 0 Å². The number of benzene rings is 1. The predicted molar refractivity (Wildman–Crippen MR) is 77.8 cm³/mol. The summed E-state index contributed by atoms with van der Waals surface area (Å²) in [4.78, 5) is 11.0. The Morgan fingerprint density at radius 3 is 2.89 bits per heavy atom. The molecule has 0 aromatic heterocycles. The third-order valence-electron chi connectivity index (χ3n) is 4.11. The van der Waals surface area contributed by atoms with Crippen LogP contribution in [0.5, 0.6) is 0 Å². The van der Waals surface area contributed by atoms with Gasteiger partial charge < -0.3 is 10.4 Å². The number of hydrogen-bond acceptors (Lipinski definition) is 2. The molecule has 3 nitrogen and oxygen atoms in total. The van der Waals surface area contributed by atoms with Crippen molar-refractivity contribution in [2.45, 2.75) is 39.5 Å². The van der Waals surface area contributed by atoms with E-state index in [1.807, 2.05) is 13.0 Å². The number of hydrogen-bond donors (Lipinski definition) is 2. The van der Waals surface area contributed by atoms with Crippen molar-refractivity contribution in [2.24, 2.45) is 11.8 Å². The topological polar surface area (TPSA) is 49.3 Å². The minimum atomic E-state index is -0.866. The molecule has 1 aromatic carbocycles. The number of carbonyl (C=O) groups is 1. The van der Waals surface area contributed by atoms with E-state index in [4.69, 9.17) is 5.11 Å². The number of rotatable bonds is 4. The summed E-state index contributed by atoms with van der Waals surface area (Å²) in [6.07, 6.45) is 5.24. The smallest absolute Gasteiger partial charge is 0.335 e. The van der Waals surface area contributed by atoms with Crippen LogP contribution in [0.25, 0.3) is 0 Å². The summed E-state index contributed by atoms with van der Waals surface area (Å²) in [6.45, 7) is 5.29. The van der Waals surface area contributed by atoms with Crippen molar-refractivity contribution in [3.05, 3.63) is 29.3 Å². The third kappa shape index (κ3) is 3.72. The van der Waals surface area contributed by atoms with Gasteiger partial charge in [-0.3, -0.25) is 0 Å². The van der Waals surface area contributed by atoms with Crippen LogP contribution in [-0.2, 0) is 0 Å². The number of anilines is 1. The van der Waals surface area contributed by atoms with Gasteiger partial charge in [0.1, 0.15) is 0 Å². The molecule has 0 bridgehead atoms. The van der Waals surface area contributed by atoms with Gasteiger partial charge in [0, 0.05) is 12.2 Å². The first-order valence-corrected chi connectivity index (χ1v) is 7.14. The Morgan fingerprint density at radius 1 is 1.42 bits per heavy atom. The lowest BCUT2D eigenvalue weighted by molar-refractivity contribution is 0.0697. The maximum absolute atomic E-state index is 11.0. The fraction of sp³-hybridized carbons (Fsp3) is 0.562. The Kier molecular flexibility index (Phi) is 4.46. The normalized spacial score (nSPS) is 23.1. The number of carboxylic acid groups (broad SMARTS) is 1. The van der Waals surface area contributed by atoms with Crippen LogP contribution in [0.15, 0.2) is 18.2 Å². The Balaban J connectivity index is 1.98. The lowest BCUT2D eigenvalue weighted by Gasteiger charge is -2.27. The van der Waals surface area contributed by atoms with Crippen molar-refractivity contribution in [3.8, 4) is 0 Å². The first-order valence-electron chi connectivity index (χ1n) is 7.14. The largest absolute Gasteiger partial charge is 0.478 e. The van der Waals surface area contributed by atoms with Crippen molar-refractivity contribution < 1.29 is 9.90 Å². The zero-order valence-corrected chi connectivity index (χ0v) is 11.8. The van der Waals surface area contributed by atoms with Crippen molar-refractivity contribution in [1.29, 1.82) is 0 Å². The fourth-order valence-electron chi connectivity index (χ4n) is 2.94. The molecule has 2 N–H and O–H groups in total. The minimum absolute atomic E-state index is 0.352. The molecule has 2 rings (SSSR count). The highest BCUT2D eigenvalue weighted by atomic mass is 16.4. The monoisotopic (exact) mass is 261 g/mol. The molecule has 0 amide bonds. The van der Waals surface area contributed by atoms with Gasteiger partial charge in [0.2, 0.25) is 0 Å². The molecule has 1 aromatic rings. The second-order valence-electron chi connectivity index (χ2n) is 5.85. The summed E-state index contributed by atoms with van der Waals surface area (Å²) in [5, 5.41) is 12.5. The van der Waals surface area contributed by atoms with Gasteiger partial charge in [0.05, 0.1) is 5.56 Å². The van der Waals surface area contributed by atoms with Gasteiger partial charge in [0.25, 0.3) is 0 Å². The maximum Gasteiger partial charge on any atom is 0.335 e. The molecule has 3 heteroatoms. The molecule has 0 radical (unpaired) electrons. The average molecular weight is 261 g/mol. The number of carboxylic acids is 1. The van der Waals surface area contributed by atoms with Crippen LogP contribution in [-0.4, -0.2) is 17.6 Å². The van der Waals surface area contributed by atoms with Crippen LogP contribution < -0.4 is 5.32 Å². The molecule has 2 unspecified atom stereocenters. The second kappa shape index (κ2) is 6.09. The molecule has 19 heavy (non-hydrogen) atoms. The van der Waals surface area contributed by atoms with E-state index in [0.29, 0.717) is 5.56 Å². The lowest BCUT2D eigenvalue weighted by atomic mass is 9.82. The molecule has 0 aliphatic heterocycles. The fourth-order valence-corrected chi connectivity index (χ4v) is 2.94. The van der Waals surface area contributed by atoms with Crippen LogP contribution in [0.4, 0.5) is 5.69 Å². The molecule has 0 spiro atoms. The van der Waals surface area contributed by atoms with Gasteiger partial charge in [-0.25, -0.2) is 4.79 Å². The van der Waals surface area contributed by atoms with Crippen LogP contribution in [0, 0.1) is 18.8 Å². The number of nitrogens with one attached hydrogen (secondary N) is 1. The van der Waals surface area contributed by atoms with Gasteiger partial charge in [-0.15, -0.1) is 0 Å². The molecule has 2 atom stereocenters. The second-order valence-corrected chi connectivity index (χ2v) is 5.85. The molecule has 104 valence electrons. The molecule has 1 saturated carbocycles. The lowest BCUT2D eigenvalue weighted by Crippen LogP contribution is -2.21. The Morgan fingerprint density at radius 2 is 2.21 bits per heavy atom. The van der Waals surface area contributed by atoms with Gasteiger partial charge >= 0.3 is 5.97 Å². The zero-order chi connectivity index (χ0) is 13.8. The van der Waals surface area contributed by atoms with Crippen molar-refractivity contribution >= 4 is 11.7 Å². The molecule has 0 heterocycles. The summed E-state index contributed by atoms with van der Waals surface area (Å²) in [6, 6.07) is 5.27. The molecule has 1 fully saturated rings. The van der Waals surface area contributed by atoms with E-state index in [2.05, 4.69) is 12.2 Å². The Bertz CT molecular complexity index is 456. The number of aryl methyl sites for hydroxylation is 1. The Labute approximate surface area is 115 Å². The highest BCUT2D eigenvalue weighted by molar-refractivity contribution is 5.89. The van der Waals surface area contributed by atoms with Crippen molar-refractivity contribution in [2.75, 3.05) is 11.9 Å². The highest BCUT2D eigenvalue weighted by Gasteiger charge is 2.18. The highest BCUT2D eigenvalue weighted by Crippen LogP contribution is 2.29. The van der Waals surface area contributed by atoms with E-state index in [1.165, 1.54) is 25.7 Å². The van der Waals surface area contributed by atoms with E-state index >= 15 is 0 Å². The predicted octanol–water partition coefficient (Wildman–Crippen LogP) is 3.93. The quantitative estimate of drug-likeness (QED) is 0.863. The van der Waals surface area contributed by atoms with Crippen molar-refractivity contribution in [3.63, 3.8) is 0 Å². The van der Waals surface area contributed by atoms with Gasteiger partial charge in [-0.05, 0) is 49.3 Å².